The van der Waals surface area contributed by atoms with Gasteiger partial charge >= 0.3 is 12.1 Å². The van der Waals surface area contributed by atoms with Crippen molar-refractivity contribution in [3.63, 3.8) is 0 Å². The van der Waals surface area contributed by atoms with Crippen molar-refractivity contribution >= 4 is 41.2 Å². The van der Waals surface area contributed by atoms with Crippen LogP contribution in [0.25, 0.3) is 6.08 Å². The maximum atomic E-state index is 12.2. The Bertz CT molecular complexity index is 977. The number of alkyl halides is 3. The summed E-state index contributed by atoms with van der Waals surface area (Å²) in [6.07, 6.45) is 1.28. The molecule has 1 heterocycles. The molecule has 184 valence electrons. The zero-order valence-electron chi connectivity index (χ0n) is 18.2. The summed E-state index contributed by atoms with van der Waals surface area (Å²) in [6, 6.07) is 16.1. The number of hydrogen-bond acceptors (Lipinski definition) is 3. The number of hydrogen-bond donors (Lipinski definition) is 2. The minimum Gasteiger partial charge on any atom is -0.475 e. The molecule has 1 amide bonds. The van der Waals surface area contributed by atoms with Gasteiger partial charge in [0.2, 0.25) is 5.91 Å². The average Bonchev–Trinajstić information content (AvgIpc) is 2.80. The fourth-order valence-electron chi connectivity index (χ4n) is 3.27. The number of carbonyl (C=O) groups excluding carboxylic acids is 1. The van der Waals surface area contributed by atoms with Gasteiger partial charge in [-0.2, -0.15) is 13.2 Å². The van der Waals surface area contributed by atoms with Crippen molar-refractivity contribution in [3.8, 4) is 0 Å². The Morgan fingerprint density at radius 3 is 2.24 bits per heavy atom. The van der Waals surface area contributed by atoms with Crippen molar-refractivity contribution < 1.29 is 27.9 Å². The molecular weight excluding hydrogens is 492 g/mol. The van der Waals surface area contributed by atoms with Crippen LogP contribution in [0.1, 0.15) is 24.0 Å². The summed E-state index contributed by atoms with van der Waals surface area (Å²) >= 11 is 11.9. The number of aliphatic carboxylic acids is 1. The summed E-state index contributed by atoms with van der Waals surface area (Å²) in [6.45, 7) is 3.12. The summed E-state index contributed by atoms with van der Waals surface area (Å²) in [5.41, 5.74) is 2.23. The Morgan fingerprint density at radius 2 is 1.68 bits per heavy atom. The molecule has 1 saturated heterocycles. The van der Waals surface area contributed by atoms with Crippen LogP contribution in [0.2, 0.25) is 10.0 Å². The highest BCUT2D eigenvalue weighted by Gasteiger charge is 2.38. The third-order valence-electron chi connectivity index (χ3n) is 5.11. The number of carboxylic acids is 1. The second-order valence-electron chi connectivity index (χ2n) is 7.67. The van der Waals surface area contributed by atoms with Gasteiger partial charge < -0.3 is 15.3 Å². The average molecular weight is 517 g/mol. The van der Waals surface area contributed by atoms with Gasteiger partial charge in [-0.05, 0) is 48.6 Å². The molecule has 0 saturated carbocycles. The van der Waals surface area contributed by atoms with E-state index in [1.807, 2.05) is 12.1 Å². The van der Waals surface area contributed by atoms with Crippen LogP contribution < -0.4 is 5.32 Å². The Labute approximate surface area is 206 Å². The monoisotopic (exact) mass is 516 g/mol. The van der Waals surface area contributed by atoms with E-state index in [1.165, 1.54) is 5.56 Å². The first-order valence-corrected chi connectivity index (χ1v) is 11.3. The lowest BCUT2D eigenvalue weighted by Crippen LogP contribution is -2.44. The van der Waals surface area contributed by atoms with Crippen LogP contribution in [0.5, 0.6) is 0 Å². The van der Waals surface area contributed by atoms with Gasteiger partial charge in [-0.3, -0.25) is 4.79 Å². The van der Waals surface area contributed by atoms with Gasteiger partial charge in [0.1, 0.15) is 0 Å². The van der Waals surface area contributed by atoms with Crippen molar-refractivity contribution in [2.24, 2.45) is 0 Å². The molecule has 0 bridgehead atoms. The largest absolute Gasteiger partial charge is 0.490 e. The Morgan fingerprint density at radius 1 is 1.06 bits per heavy atom. The Kier molecular flexibility index (Phi) is 10.9. The molecule has 1 aliphatic rings. The number of likely N-dealkylation sites (tertiary alicyclic amines) is 1. The van der Waals surface area contributed by atoms with E-state index in [9.17, 15) is 18.0 Å². The Balaban J connectivity index is 0.000000509. The van der Waals surface area contributed by atoms with E-state index in [4.69, 9.17) is 33.1 Å². The van der Waals surface area contributed by atoms with Crippen LogP contribution in [0.15, 0.2) is 54.6 Å². The van der Waals surface area contributed by atoms with Crippen LogP contribution in [-0.2, 0) is 16.0 Å². The number of carboxylic acid groups (broad SMARTS) is 1. The maximum absolute atomic E-state index is 12.2. The standard InChI is InChI=1S/C22H24Cl2N2O.C2HF3O2/c23-20-8-6-18(16-21(20)24)7-9-22(27)25-19-11-14-26(15-12-19)13-10-17-4-2-1-3-5-17;3-2(4,5)1(6)7/h1-9,16,19H,10-15H2,(H,25,27);(H,6,7)/b9-7+;. The number of rotatable bonds is 6. The van der Waals surface area contributed by atoms with E-state index in [0.717, 1.165) is 44.5 Å². The smallest absolute Gasteiger partial charge is 0.475 e. The van der Waals surface area contributed by atoms with Crippen molar-refractivity contribution in [2.45, 2.75) is 31.5 Å². The highest BCUT2D eigenvalue weighted by molar-refractivity contribution is 6.42. The van der Waals surface area contributed by atoms with Gasteiger partial charge in [0, 0.05) is 31.8 Å². The lowest BCUT2D eigenvalue weighted by molar-refractivity contribution is -0.192. The molecule has 0 aliphatic carbocycles. The summed E-state index contributed by atoms with van der Waals surface area (Å²) in [4.78, 5) is 23.5. The summed E-state index contributed by atoms with van der Waals surface area (Å²) in [5, 5.41) is 11.2. The SMILES string of the molecule is O=C(/C=C/c1ccc(Cl)c(Cl)c1)NC1CCN(CCc2ccccc2)CC1.O=C(O)C(F)(F)F. The number of halogens is 5. The number of piperidine rings is 1. The second kappa shape index (κ2) is 13.4. The van der Waals surface area contributed by atoms with E-state index >= 15 is 0 Å². The normalized spacial score (nSPS) is 15.0. The molecule has 34 heavy (non-hydrogen) atoms. The molecule has 0 unspecified atom stereocenters. The highest BCUT2D eigenvalue weighted by Crippen LogP contribution is 2.23. The molecule has 0 aromatic heterocycles. The first kappa shape index (κ1) is 27.7. The molecule has 5 nitrogen and oxygen atoms in total. The van der Waals surface area contributed by atoms with Gasteiger partial charge in [0.05, 0.1) is 10.0 Å². The van der Waals surface area contributed by atoms with Gasteiger partial charge in [0.25, 0.3) is 0 Å². The fraction of sp³-hybridized carbons (Fsp3) is 0.333. The van der Waals surface area contributed by atoms with Crippen LogP contribution in [-0.4, -0.2) is 53.7 Å². The molecule has 2 N–H and O–H groups in total. The summed E-state index contributed by atoms with van der Waals surface area (Å²) in [5.74, 6) is -2.82. The molecule has 0 radical (unpaired) electrons. The van der Waals surface area contributed by atoms with E-state index in [2.05, 4.69) is 34.5 Å². The number of benzene rings is 2. The van der Waals surface area contributed by atoms with Crippen LogP contribution in [0.3, 0.4) is 0 Å². The van der Waals surface area contributed by atoms with E-state index in [0.29, 0.717) is 10.0 Å². The van der Waals surface area contributed by atoms with Crippen LogP contribution in [0, 0.1) is 0 Å². The minimum absolute atomic E-state index is 0.0659. The topological polar surface area (TPSA) is 69.6 Å². The molecule has 2 aromatic rings. The molecule has 1 aliphatic heterocycles. The van der Waals surface area contributed by atoms with E-state index < -0.39 is 12.1 Å². The Hall–Kier alpha value is -2.55. The molecule has 2 aromatic carbocycles. The first-order valence-electron chi connectivity index (χ1n) is 10.5. The second-order valence-corrected chi connectivity index (χ2v) is 8.48. The van der Waals surface area contributed by atoms with Crippen LogP contribution in [0.4, 0.5) is 13.2 Å². The van der Waals surface area contributed by atoms with Crippen molar-refractivity contribution in [1.82, 2.24) is 10.2 Å². The quantitative estimate of drug-likeness (QED) is 0.500. The number of nitrogens with one attached hydrogen (secondary N) is 1. The van der Waals surface area contributed by atoms with E-state index in [1.54, 1.807) is 24.3 Å². The van der Waals surface area contributed by atoms with Crippen LogP contribution >= 0.6 is 23.2 Å². The molecule has 0 atom stereocenters. The molecule has 0 spiro atoms. The number of amides is 1. The minimum atomic E-state index is -5.08. The summed E-state index contributed by atoms with van der Waals surface area (Å²) < 4.78 is 31.7. The number of nitrogens with zero attached hydrogens (tertiary/aromatic N) is 1. The van der Waals surface area contributed by atoms with Crippen molar-refractivity contribution in [2.75, 3.05) is 19.6 Å². The maximum Gasteiger partial charge on any atom is 0.490 e. The van der Waals surface area contributed by atoms with Crippen molar-refractivity contribution in [1.29, 1.82) is 0 Å². The van der Waals surface area contributed by atoms with Crippen molar-refractivity contribution in [3.05, 3.63) is 75.8 Å². The highest BCUT2D eigenvalue weighted by atomic mass is 35.5. The third-order valence-corrected chi connectivity index (χ3v) is 5.85. The van der Waals surface area contributed by atoms with Gasteiger partial charge in [-0.15, -0.1) is 0 Å². The molecular formula is C24H25Cl2F3N2O3. The lowest BCUT2D eigenvalue weighted by Gasteiger charge is -2.32. The third kappa shape index (κ3) is 10.2. The fourth-order valence-corrected chi connectivity index (χ4v) is 3.58. The van der Waals surface area contributed by atoms with Gasteiger partial charge in [-0.1, -0.05) is 59.6 Å². The van der Waals surface area contributed by atoms with Gasteiger partial charge in [-0.25, -0.2) is 4.79 Å². The zero-order chi connectivity index (χ0) is 25.1. The van der Waals surface area contributed by atoms with Gasteiger partial charge in [0.15, 0.2) is 0 Å². The predicted octanol–water partition coefficient (Wildman–Crippen LogP) is 5.46. The molecule has 10 heteroatoms. The number of carbonyl (C=O) groups is 2. The first-order chi connectivity index (χ1) is 16.0. The van der Waals surface area contributed by atoms with E-state index in [-0.39, 0.29) is 11.9 Å². The zero-order valence-corrected chi connectivity index (χ0v) is 19.7. The molecule has 1 fully saturated rings. The summed E-state index contributed by atoms with van der Waals surface area (Å²) in [7, 11) is 0. The lowest BCUT2D eigenvalue weighted by atomic mass is 10.0. The predicted molar refractivity (Wildman–Crippen MR) is 127 cm³/mol. The molecule has 3 rings (SSSR count).